The molecular weight excluding hydrogens is 429 g/mol. The molecule has 7 nitrogen and oxygen atoms in total. The smallest absolute Gasteiger partial charge is 0.230 e. The zero-order valence-electron chi connectivity index (χ0n) is 16.2. The molecule has 0 aliphatic heterocycles. The number of carbonyl (C=O) groups excluding carboxylic acids is 1. The minimum absolute atomic E-state index is 0.0658. The number of thioether (sulfide) groups is 1. The fourth-order valence-electron chi connectivity index (χ4n) is 2.67. The average molecular weight is 450 g/mol. The number of hydrogen-bond donors (Lipinski definition) is 2. The predicted molar refractivity (Wildman–Crippen MR) is 114 cm³/mol. The molecular formula is C20H21ClFN5O2S. The van der Waals surface area contributed by atoms with Gasteiger partial charge < -0.3 is 15.9 Å². The van der Waals surface area contributed by atoms with Gasteiger partial charge in [0.1, 0.15) is 18.2 Å². The number of halogens is 2. The van der Waals surface area contributed by atoms with Crippen molar-refractivity contribution in [1.29, 1.82) is 0 Å². The molecule has 0 bridgehead atoms. The molecule has 0 saturated heterocycles. The summed E-state index contributed by atoms with van der Waals surface area (Å²) in [5, 5.41) is 12.0. The molecule has 1 aromatic heterocycles. The minimum Gasteiger partial charge on any atom is -0.486 e. The summed E-state index contributed by atoms with van der Waals surface area (Å²) >= 11 is 7.10. The molecule has 1 atom stereocenters. The first-order valence-corrected chi connectivity index (χ1v) is 10.6. The van der Waals surface area contributed by atoms with Gasteiger partial charge in [-0.3, -0.25) is 4.79 Å². The van der Waals surface area contributed by atoms with Gasteiger partial charge in [0.15, 0.2) is 5.82 Å². The summed E-state index contributed by atoms with van der Waals surface area (Å²) in [6.07, 6.45) is 0.746. The Morgan fingerprint density at radius 1 is 1.23 bits per heavy atom. The van der Waals surface area contributed by atoms with Crippen LogP contribution >= 0.6 is 23.4 Å². The van der Waals surface area contributed by atoms with Crippen LogP contribution in [0.25, 0.3) is 0 Å². The summed E-state index contributed by atoms with van der Waals surface area (Å²) in [4.78, 5) is 12.4. The second kappa shape index (κ2) is 10.3. The van der Waals surface area contributed by atoms with E-state index in [0.29, 0.717) is 21.8 Å². The van der Waals surface area contributed by atoms with Gasteiger partial charge in [-0.1, -0.05) is 42.4 Å². The molecule has 0 aliphatic carbocycles. The number of nitrogens with zero attached hydrogens (tertiary/aromatic N) is 3. The Bertz CT molecular complexity index is 982. The highest BCUT2D eigenvalue weighted by Gasteiger charge is 2.16. The maximum absolute atomic E-state index is 12.9. The molecule has 1 heterocycles. The van der Waals surface area contributed by atoms with Crippen molar-refractivity contribution in [1.82, 2.24) is 20.2 Å². The summed E-state index contributed by atoms with van der Waals surface area (Å²) in [6, 6.07) is 12.9. The van der Waals surface area contributed by atoms with Gasteiger partial charge in [0, 0.05) is 5.02 Å². The monoisotopic (exact) mass is 449 g/mol. The fourth-order valence-corrected chi connectivity index (χ4v) is 3.48. The Morgan fingerprint density at radius 3 is 2.60 bits per heavy atom. The van der Waals surface area contributed by atoms with E-state index in [1.54, 1.807) is 12.1 Å². The SMILES string of the molecule is CCC(NC(=O)CSc1nnc(COc2ccc(F)cc2)n1N)c1ccc(Cl)cc1. The lowest BCUT2D eigenvalue weighted by molar-refractivity contribution is -0.119. The second-order valence-electron chi connectivity index (χ2n) is 6.38. The molecule has 1 amide bonds. The Kier molecular flexibility index (Phi) is 7.53. The lowest BCUT2D eigenvalue weighted by Crippen LogP contribution is -2.29. The van der Waals surface area contributed by atoms with Crippen molar-refractivity contribution in [2.75, 3.05) is 11.6 Å². The lowest BCUT2D eigenvalue weighted by atomic mass is 10.0. The number of hydrogen-bond acceptors (Lipinski definition) is 6. The molecule has 0 fully saturated rings. The number of amides is 1. The topological polar surface area (TPSA) is 95.1 Å². The highest BCUT2D eigenvalue weighted by molar-refractivity contribution is 7.99. The number of benzene rings is 2. The van der Waals surface area contributed by atoms with E-state index in [1.807, 2.05) is 19.1 Å². The van der Waals surface area contributed by atoms with Crippen LogP contribution in [0.15, 0.2) is 53.7 Å². The van der Waals surface area contributed by atoms with E-state index >= 15 is 0 Å². The van der Waals surface area contributed by atoms with Gasteiger partial charge >= 0.3 is 0 Å². The first-order valence-electron chi connectivity index (χ1n) is 9.21. The van der Waals surface area contributed by atoms with E-state index in [1.165, 1.54) is 40.7 Å². The van der Waals surface area contributed by atoms with Crippen LogP contribution in [-0.2, 0) is 11.4 Å². The zero-order chi connectivity index (χ0) is 21.5. The predicted octanol–water partition coefficient (Wildman–Crippen LogP) is 3.72. The number of nitrogens with one attached hydrogen (secondary N) is 1. The van der Waals surface area contributed by atoms with Gasteiger partial charge in [-0.15, -0.1) is 10.2 Å². The third-order valence-electron chi connectivity index (χ3n) is 4.26. The minimum atomic E-state index is -0.345. The van der Waals surface area contributed by atoms with Gasteiger partial charge in [0.05, 0.1) is 11.8 Å². The standard InChI is InChI=1S/C20H21ClFN5O2S/c1-2-17(13-3-5-14(21)6-4-13)24-19(28)12-30-20-26-25-18(27(20)23)11-29-16-9-7-15(22)8-10-16/h3-10,17H,2,11-12,23H2,1H3,(H,24,28). The van der Waals surface area contributed by atoms with Gasteiger partial charge in [0.25, 0.3) is 0 Å². The Hall–Kier alpha value is -2.78. The highest BCUT2D eigenvalue weighted by Crippen LogP contribution is 2.21. The molecule has 0 spiro atoms. The molecule has 2 aromatic carbocycles. The van der Waals surface area contributed by atoms with E-state index in [2.05, 4.69) is 15.5 Å². The summed E-state index contributed by atoms with van der Waals surface area (Å²) in [7, 11) is 0. The van der Waals surface area contributed by atoms with Gasteiger partial charge in [0.2, 0.25) is 11.1 Å². The van der Waals surface area contributed by atoms with Crippen LogP contribution in [0.2, 0.25) is 5.02 Å². The highest BCUT2D eigenvalue weighted by atomic mass is 35.5. The van der Waals surface area contributed by atoms with Crippen molar-refractivity contribution in [2.45, 2.75) is 31.1 Å². The molecule has 0 radical (unpaired) electrons. The van der Waals surface area contributed by atoms with Gasteiger partial charge in [-0.2, -0.15) is 0 Å². The van der Waals surface area contributed by atoms with Gasteiger partial charge in [-0.05, 0) is 48.4 Å². The van der Waals surface area contributed by atoms with E-state index in [4.69, 9.17) is 22.2 Å². The summed E-state index contributed by atoms with van der Waals surface area (Å²) in [5.41, 5.74) is 0.988. The fraction of sp³-hybridized carbons (Fsp3) is 0.250. The van der Waals surface area contributed by atoms with E-state index < -0.39 is 0 Å². The summed E-state index contributed by atoms with van der Waals surface area (Å²) in [6.45, 7) is 2.06. The molecule has 3 N–H and O–H groups in total. The number of carbonyl (C=O) groups is 1. The van der Waals surface area contributed by atoms with E-state index in [-0.39, 0.29) is 30.1 Å². The van der Waals surface area contributed by atoms with Crippen molar-refractivity contribution in [2.24, 2.45) is 0 Å². The van der Waals surface area contributed by atoms with Crippen LogP contribution in [0, 0.1) is 5.82 Å². The van der Waals surface area contributed by atoms with Crippen LogP contribution in [0.5, 0.6) is 5.75 Å². The van der Waals surface area contributed by atoms with E-state index in [9.17, 15) is 9.18 Å². The lowest BCUT2D eigenvalue weighted by Gasteiger charge is -2.17. The number of nitrogens with two attached hydrogens (primary N) is 1. The maximum Gasteiger partial charge on any atom is 0.230 e. The quantitative estimate of drug-likeness (QED) is 0.382. The number of aromatic nitrogens is 3. The van der Waals surface area contributed by atoms with Crippen LogP contribution in [0.3, 0.4) is 0 Å². The zero-order valence-corrected chi connectivity index (χ0v) is 17.8. The summed E-state index contributed by atoms with van der Waals surface area (Å²) in [5.74, 6) is 6.52. The third-order valence-corrected chi connectivity index (χ3v) is 5.46. The van der Waals surface area contributed by atoms with Crippen molar-refractivity contribution < 1.29 is 13.9 Å². The first-order chi connectivity index (χ1) is 14.5. The third kappa shape index (κ3) is 5.87. The molecule has 10 heteroatoms. The Balaban J connectivity index is 1.52. The van der Waals surface area contributed by atoms with Crippen molar-refractivity contribution in [3.8, 4) is 5.75 Å². The van der Waals surface area contributed by atoms with Gasteiger partial charge in [-0.25, -0.2) is 9.07 Å². The molecule has 1 unspecified atom stereocenters. The number of rotatable bonds is 9. The van der Waals surface area contributed by atoms with Crippen LogP contribution in [-0.4, -0.2) is 26.5 Å². The van der Waals surface area contributed by atoms with Crippen molar-refractivity contribution in [3.63, 3.8) is 0 Å². The average Bonchev–Trinajstić information content (AvgIpc) is 3.10. The Labute approximate surface area is 182 Å². The molecule has 30 heavy (non-hydrogen) atoms. The normalized spacial score (nSPS) is 11.8. The second-order valence-corrected chi connectivity index (χ2v) is 7.76. The van der Waals surface area contributed by atoms with Crippen LogP contribution in [0.4, 0.5) is 4.39 Å². The molecule has 3 aromatic rings. The van der Waals surface area contributed by atoms with Crippen LogP contribution < -0.4 is 15.9 Å². The Morgan fingerprint density at radius 2 is 1.93 bits per heavy atom. The van der Waals surface area contributed by atoms with E-state index in [0.717, 1.165) is 12.0 Å². The van der Waals surface area contributed by atoms with Crippen LogP contribution in [0.1, 0.15) is 30.8 Å². The first kappa shape index (κ1) is 21.9. The largest absolute Gasteiger partial charge is 0.486 e. The maximum atomic E-state index is 12.9. The molecule has 0 saturated carbocycles. The number of nitrogen functional groups attached to an aromatic ring is 1. The summed E-state index contributed by atoms with van der Waals surface area (Å²) < 4.78 is 19.7. The molecule has 0 aliphatic rings. The van der Waals surface area contributed by atoms with Crippen molar-refractivity contribution >= 4 is 29.3 Å². The van der Waals surface area contributed by atoms with Crippen molar-refractivity contribution in [3.05, 3.63) is 70.8 Å². The molecule has 158 valence electrons. The number of ether oxygens (including phenoxy) is 1. The molecule has 3 rings (SSSR count).